The summed E-state index contributed by atoms with van der Waals surface area (Å²) >= 11 is 4.89. The molecule has 3 N–H and O–H groups in total. The fourth-order valence-corrected chi connectivity index (χ4v) is 2.30. The predicted octanol–water partition coefficient (Wildman–Crippen LogP) is 0.898. The van der Waals surface area contributed by atoms with Crippen molar-refractivity contribution in [2.45, 2.75) is 44.8 Å². The maximum Gasteiger partial charge on any atom is 0.0746 e. The van der Waals surface area contributed by atoms with Gasteiger partial charge in [-0.1, -0.05) is 12.2 Å². The maximum absolute atomic E-state index is 9.92. The van der Waals surface area contributed by atoms with Crippen LogP contribution in [-0.4, -0.2) is 39.7 Å². The van der Waals surface area contributed by atoms with Crippen molar-refractivity contribution in [1.29, 1.82) is 0 Å². The number of hydrogen-bond donors (Lipinski definition) is 2. The Labute approximate surface area is 91.3 Å². The minimum Gasteiger partial charge on any atom is -0.393 e. The number of aliphatic hydroxyl groups is 1. The van der Waals surface area contributed by atoms with E-state index in [0.717, 1.165) is 32.4 Å². The quantitative estimate of drug-likeness (QED) is 0.688. The SMILES string of the molecule is CC(CC(N)=S)N1CCCC(C)(O)C1. The summed E-state index contributed by atoms with van der Waals surface area (Å²) in [6.45, 7) is 5.78. The Morgan fingerprint density at radius 2 is 2.36 bits per heavy atom. The van der Waals surface area contributed by atoms with Crippen LogP contribution >= 0.6 is 12.2 Å². The minimum atomic E-state index is -0.539. The van der Waals surface area contributed by atoms with Gasteiger partial charge in [-0.15, -0.1) is 0 Å². The van der Waals surface area contributed by atoms with Crippen LogP contribution in [0.25, 0.3) is 0 Å². The molecule has 1 aliphatic heterocycles. The Morgan fingerprint density at radius 1 is 1.71 bits per heavy atom. The molecule has 0 radical (unpaired) electrons. The van der Waals surface area contributed by atoms with Gasteiger partial charge < -0.3 is 10.8 Å². The molecule has 1 fully saturated rings. The average molecular weight is 216 g/mol. The van der Waals surface area contributed by atoms with Gasteiger partial charge in [0.25, 0.3) is 0 Å². The van der Waals surface area contributed by atoms with Gasteiger partial charge >= 0.3 is 0 Å². The smallest absolute Gasteiger partial charge is 0.0746 e. The number of hydrogen-bond acceptors (Lipinski definition) is 3. The summed E-state index contributed by atoms with van der Waals surface area (Å²) in [4.78, 5) is 2.82. The number of rotatable bonds is 3. The molecule has 0 saturated carbocycles. The number of piperidine rings is 1. The lowest BCUT2D eigenvalue weighted by Gasteiger charge is -2.40. The van der Waals surface area contributed by atoms with Crippen LogP contribution in [0.4, 0.5) is 0 Å². The largest absolute Gasteiger partial charge is 0.393 e. The highest BCUT2D eigenvalue weighted by atomic mass is 32.1. The molecule has 82 valence electrons. The molecule has 0 aromatic heterocycles. The lowest BCUT2D eigenvalue weighted by atomic mass is 9.94. The molecular weight excluding hydrogens is 196 g/mol. The lowest BCUT2D eigenvalue weighted by Crippen LogP contribution is -2.50. The van der Waals surface area contributed by atoms with Crippen LogP contribution in [0.2, 0.25) is 0 Å². The molecule has 1 rings (SSSR count). The van der Waals surface area contributed by atoms with Crippen LogP contribution in [-0.2, 0) is 0 Å². The van der Waals surface area contributed by atoms with Gasteiger partial charge in [0.1, 0.15) is 0 Å². The fraction of sp³-hybridized carbons (Fsp3) is 0.900. The minimum absolute atomic E-state index is 0.347. The molecule has 1 heterocycles. The van der Waals surface area contributed by atoms with Crippen LogP contribution < -0.4 is 5.73 Å². The van der Waals surface area contributed by atoms with Gasteiger partial charge in [0.05, 0.1) is 10.6 Å². The zero-order valence-electron chi connectivity index (χ0n) is 8.99. The first-order valence-corrected chi connectivity index (χ1v) is 5.56. The van der Waals surface area contributed by atoms with Crippen LogP contribution in [0.3, 0.4) is 0 Å². The van der Waals surface area contributed by atoms with Crippen molar-refractivity contribution in [3.05, 3.63) is 0 Å². The topological polar surface area (TPSA) is 49.5 Å². The van der Waals surface area contributed by atoms with Crippen molar-refractivity contribution in [3.63, 3.8) is 0 Å². The number of nitrogens with two attached hydrogens (primary N) is 1. The standard InChI is InChI=1S/C10H20N2OS/c1-8(6-9(11)14)12-5-3-4-10(2,13)7-12/h8,13H,3-7H2,1-2H3,(H2,11,14). The van der Waals surface area contributed by atoms with Crippen molar-refractivity contribution >= 4 is 17.2 Å². The van der Waals surface area contributed by atoms with Gasteiger partial charge in [-0.25, -0.2) is 0 Å². The number of thiocarbonyl (C=S) groups is 1. The van der Waals surface area contributed by atoms with Gasteiger partial charge in [-0.05, 0) is 33.2 Å². The molecule has 14 heavy (non-hydrogen) atoms. The summed E-state index contributed by atoms with van der Waals surface area (Å²) in [6, 6.07) is 0.347. The third-order valence-corrected chi connectivity index (χ3v) is 2.99. The first-order valence-electron chi connectivity index (χ1n) is 5.15. The van der Waals surface area contributed by atoms with Gasteiger partial charge in [0, 0.05) is 19.0 Å². The van der Waals surface area contributed by atoms with Gasteiger partial charge in [-0.2, -0.15) is 0 Å². The van der Waals surface area contributed by atoms with Crippen molar-refractivity contribution in [3.8, 4) is 0 Å². The summed E-state index contributed by atoms with van der Waals surface area (Å²) < 4.78 is 0. The molecular formula is C10H20N2OS. The third-order valence-electron chi connectivity index (χ3n) is 2.82. The van der Waals surface area contributed by atoms with Crippen molar-refractivity contribution in [1.82, 2.24) is 4.90 Å². The van der Waals surface area contributed by atoms with E-state index in [2.05, 4.69) is 11.8 Å². The molecule has 4 heteroatoms. The van der Waals surface area contributed by atoms with E-state index in [0.29, 0.717) is 11.0 Å². The zero-order chi connectivity index (χ0) is 10.8. The second kappa shape index (κ2) is 4.55. The summed E-state index contributed by atoms with van der Waals surface area (Å²) in [5.41, 5.74) is 4.97. The summed E-state index contributed by atoms with van der Waals surface area (Å²) in [6.07, 6.45) is 2.68. The summed E-state index contributed by atoms with van der Waals surface area (Å²) in [5.74, 6) is 0. The average Bonchev–Trinajstić information content (AvgIpc) is 2.01. The van der Waals surface area contributed by atoms with Crippen molar-refractivity contribution in [2.75, 3.05) is 13.1 Å². The Morgan fingerprint density at radius 3 is 2.86 bits per heavy atom. The molecule has 1 aliphatic rings. The monoisotopic (exact) mass is 216 g/mol. The van der Waals surface area contributed by atoms with Crippen molar-refractivity contribution < 1.29 is 5.11 Å². The Kier molecular flexibility index (Phi) is 3.86. The van der Waals surface area contributed by atoms with Gasteiger partial charge in [0.15, 0.2) is 0 Å². The second-order valence-electron chi connectivity index (χ2n) is 4.59. The molecule has 0 aliphatic carbocycles. The van der Waals surface area contributed by atoms with E-state index in [1.54, 1.807) is 0 Å². The molecule has 3 nitrogen and oxygen atoms in total. The first kappa shape index (κ1) is 11.9. The number of β-amino-alcohol motifs (C(OH)–C–C–N with tert-alkyl or cyclic N) is 1. The molecule has 0 amide bonds. The van der Waals surface area contributed by atoms with Crippen molar-refractivity contribution in [2.24, 2.45) is 5.73 Å². The van der Waals surface area contributed by atoms with Gasteiger partial charge in [-0.3, -0.25) is 4.90 Å². The summed E-state index contributed by atoms with van der Waals surface area (Å²) in [7, 11) is 0. The lowest BCUT2D eigenvalue weighted by molar-refractivity contribution is -0.0266. The van der Waals surface area contributed by atoms with E-state index in [1.165, 1.54) is 0 Å². The Hall–Kier alpha value is -0.190. The van der Waals surface area contributed by atoms with E-state index in [4.69, 9.17) is 18.0 Å². The molecule has 1 saturated heterocycles. The van der Waals surface area contributed by atoms with E-state index >= 15 is 0 Å². The molecule has 0 aromatic rings. The fourth-order valence-electron chi connectivity index (χ4n) is 2.06. The molecule has 0 aromatic carbocycles. The highest BCUT2D eigenvalue weighted by Crippen LogP contribution is 2.22. The maximum atomic E-state index is 9.92. The normalized spacial score (nSPS) is 31.4. The molecule has 2 unspecified atom stereocenters. The van der Waals surface area contributed by atoms with Crippen LogP contribution in [0, 0.1) is 0 Å². The van der Waals surface area contributed by atoms with Crippen LogP contribution in [0.15, 0.2) is 0 Å². The molecule has 0 spiro atoms. The predicted molar refractivity (Wildman–Crippen MR) is 62.3 cm³/mol. The highest BCUT2D eigenvalue weighted by Gasteiger charge is 2.30. The van der Waals surface area contributed by atoms with Crippen LogP contribution in [0.1, 0.15) is 33.1 Å². The molecule has 2 atom stereocenters. The Balaban J connectivity index is 2.47. The first-order chi connectivity index (χ1) is 6.41. The van der Waals surface area contributed by atoms with E-state index in [-0.39, 0.29) is 0 Å². The van der Waals surface area contributed by atoms with E-state index in [9.17, 15) is 5.11 Å². The zero-order valence-corrected chi connectivity index (χ0v) is 9.81. The number of likely N-dealkylation sites (tertiary alicyclic amines) is 1. The second-order valence-corrected chi connectivity index (χ2v) is 5.11. The summed E-state index contributed by atoms with van der Waals surface area (Å²) in [5, 5.41) is 9.92. The number of nitrogens with zero attached hydrogens (tertiary/aromatic N) is 1. The molecule has 0 bridgehead atoms. The van der Waals surface area contributed by atoms with E-state index < -0.39 is 5.60 Å². The van der Waals surface area contributed by atoms with E-state index in [1.807, 2.05) is 6.92 Å². The Bertz CT molecular complexity index is 218. The third kappa shape index (κ3) is 3.52. The highest BCUT2D eigenvalue weighted by molar-refractivity contribution is 7.80. The van der Waals surface area contributed by atoms with Crippen LogP contribution in [0.5, 0.6) is 0 Å². The van der Waals surface area contributed by atoms with Gasteiger partial charge in [0.2, 0.25) is 0 Å².